The van der Waals surface area contributed by atoms with Crippen LogP contribution in [0, 0.1) is 0 Å². The molecule has 2 aromatic rings. The van der Waals surface area contributed by atoms with Crippen LogP contribution in [0.1, 0.15) is 13.8 Å². The van der Waals surface area contributed by atoms with Crippen LogP contribution < -0.4 is 10.1 Å². The van der Waals surface area contributed by atoms with E-state index >= 15 is 0 Å². The number of ether oxygens (including phenoxy) is 1. The van der Waals surface area contributed by atoms with Gasteiger partial charge in [-0.05, 0) is 19.2 Å². The fourth-order valence-corrected chi connectivity index (χ4v) is 1.60. The second-order valence-electron chi connectivity index (χ2n) is 3.37. The van der Waals surface area contributed by atoms with E-state index < -0.39 is 0 Å². The Labute approximate surface area is 103 Å². The zero-order chi connectivity index (χ0) is 12.7. The van der Waals surface area contributed by atoms with Crippen LogP contribution in [0.3, 0.4) is 0 Å². The van der Waals surface area contributed by atoms with Crippen LogP contribution in [0.5, 0.6) is 5.88 Å². The van der Waals surface area contributed by atoms with Gasteiger partial charge in [0.15, 0.2) is 0 Å². The maximum absolute atomic E-state index is 5.08. The van der Waals surface area contributed by atoms with Gasteiger partial charge in [0.1, 0.15) is 0 Å². The predicted molar refractivity (Wildman–Crippen MR) is 71.6 cm³/mol. The van der Waals surface area contributed by atoms with Crippen LogP contribution in [0.2, 0.25) is 0 Å². The third-order valence-electron chi connectivity index (χ3n) is 2.41. The molecule has 0 aliphatic heterocycles. The van der Waals surface area contributed by atoms with Gasteiger partial charge in [-0.3, -0.25) is 0 Å². The minimum Gasteiger partial charge on any atom is -0.481 e. The van der Waals surface area contributed by atoms with Gasteiger partial charge < -0.3 is 14.6 Å². The van der Waals surface area contributed by atoms with Crippen molar-refractivity contribution in [1.82, 2.24) is 14.9 Å². The van der Waals surface area contributed by atoms with E-state index in [1.54, 1.807) is 7.11 Å². The molecule has 0 saturated carbocycles. The van der Waals surface area contributed by atoms with Crippen LogP contribution in [0.25, 0.3) is 11.0 Å². The maximum atomic E-state index is 5.08. The molecule has 0 bridgehead atoms. The number of pyridine rings is 1. The van der Waals surface area contributed by atoms with Crippen molar-refractivity contribution in [2.75, 3.05) is 20.7 Å². The molecule has 2 aromatic heterocycles. The molecule has 0 aliphatic carbocycles. The van der Waals surface area contributed by atoms with Crippen molar-refractivity contribution in [3.05, 3.63) is 24.4 Å². The zero-order valence-corrected chi connectivity index (χ0v) is 11.0. The lowest BCUT2D eigenvalue weighted by Gasteiger charge is -2.04. The molecule has 0 unspecified atom stereocenters. The highest BCUT2D eigenvalue weighted by Crippen LogP contribution is 2.17. The van der Waals surface area contributed by atoms with Crippen molar-refractivity contribution < 1.29 is 4.74 Å². The van der Waals surface area contributed by atoms with Gasteiger partial charge in [-0.25, -0.2) is 4.98 Å². The highest BCUT2D eigenvalue weighted by Gasteiger charge is 2.02. The van der Waals surface area contributed by atoms with E-state index in [2.05, 4.69) is 21.1 Å². The molecule has 4 nitrogen and oxygen atoms in total. The molecular formula is C13H21N3O. The van der Waals surface area contributed by atoms with Crippen molar-refractivity contribution in [2.24, 2.45) is 0 Å². The summed E-state index contributed by atoms with van der Waals surface area (Å²) in [6, 6.07) is 5.93. The van der Waals surface area contributed by atoms with E-state index in [0.717, 1.165) is 24.1 Å². The molecule has 0 radical (unpaired) electrons. The highest BCUT2D eigenvalue weighted by atomic mass is 16.5. The maximum Gasteiger partial charge on any atom is 0.213 e. The normalized spacial score (nSPS) is 9.88. The molecule has 94 valence electrons. The molecule has 2 heterocycles. The number of methoxy groups -OCH3 is 1. The lowest BCUT2D eigenvalue weighted by atomic mass is 10.4. The average molecular weight is 235 g/mol. The molecule has 0 atom stereocenters. The smallest absolute Gasteiger partial charge is 0.213 e. The van der Waals surface area contributed by atoms with Crippen molar-refractivity contribution in [3.8, 4) is 5.88 Å². The number of aromatic nitrogens is 2. The van der Waals surface area contributed by atoms with Gasteiger partial charge in [-0.15, -0.1) is 0 Å². The summed E-state index contributed by atoms with van der Waals surface area (Å²) < 4.78 is 7.26. The Bertz CT molecular complexity index is 451. The minimum atomic E-state index is 0.661. The number of hydrogen-bond acceptors (Lipinski definition) is 3. The van der Waals surface area contributed by atoms with Crippen LogP contribution in [-0.4, -0.2) is 30.3 Å². The largest absolute Gasteiger partial charge is 0.481 e. The lowest BCUT2D eigenvalue weighted by molar-refractivity contribution is 0.399. The number of fused-ring (bicyclic) bond motifs is 1. The Morgan fingerprint density at radius 3 is 2.71 bits per heavy atom. The van der Waals surface area contributed by atoms with Crippen molar-refractivity contribution in [3.63, 3.8) is 0 Å². The summed E-state index contributed by atoms with van der Waals surface area (Å²) in [5.74, 6) is 0.661. The van der Waals surface area contributed by atoms with Gasteiger partial charge in [0.25, 0.3) is 0 Å². The number of hydrogen-bond donors (Lipinski definition) is 1. The van der Waals surface area contributed by atoms with Gasteiger partial charge in [0.05, 0.1) is 18.1 Å². The summed E-state index contributed by atoms with van der Waals surface area (Å²) in [6.07, 6.45) is 2.05. The van der Waals surface area contributed by atoms with Gasteiger partial charge in [-0.2, -0.15) is 0 Å². The minimum absolute atomic E-state index is 0.661. The van der Waals surface area contributed by atoms with Gasteiger partial charge in [0.2, 0.25) is 5.88 Å². The Kier molecular flexibility index (Phi) is 5.49. The molecule has 0 amide bonds. The van der Waals surface area contributed by atoms with E-state index in [9.17, 15) is 0 Å². The van der Waals surface area contributed by atoms with E-state index in [1.165, 1.54) is 0 Å². The molecule has 0 spiro atoms. The second kappa shape index (κ2) is 6.91. The molecule has 17 heavy (non-hydrogen) atoms. The first kappa shape index (κ1) is 13.5. The Hall–Kier alpha value is -1.55. The number of nitrogens with zero attached hydrogens (tertiary/aromatic N) is 2. The van der Waals surface area contributed by atoms with Gasteiger partial charge >= 0.3 is 0 Å². The second-order valence-corrected chi connectivity index (χ2v) is 3.37. The molecule has 0 fully saturated rings. The number of likely N-dealkylation sites (N-methyl/N-ethyl adjacent to an activating group) is 1. The Balaban J connectivity index is 0.000000686. The topological polar surface area (TPSA) is 39.1 Å². The first-order chi connectivity index (χ1) is 8.35. The quantitative estimate of drug-likeness (QED) is 0.883. The van der Waals surface area contributed by atoms with E-state index in [4.69, 9.17) is 4.74 Å². The first-order valence-corrected chi connectivity index (χ1v) is 5.99. The van der Waals surface area contributed by atoms with Gasteiger partial charge in [-0.1, -0.05) is 13.8 Å². The molecule has 0 aliphatic rings. The standard InChI is InChI=1S/C11H15N3O.C2H6/c1-12-6-8-14-7-5-9-10(14)3-4-11(13-9)15-2;1-2/h3-5,7,12H,6,8H2,1-2H3;1-2H3. The van der Waals surface area contributed by atoms with Crippen LogP contribution in [0.4, 0.5) is 0 Å². The fourth-order valence-electron chi connectivity index (χ4n) is 1.60. The number of nitrogens with one attached hydrogen (secondary N) is 1. The van der Waals surface area contributed by atoms with E-state index in [-0.39, 0.29) is 0 Å². The molecule has 4 heteroatoms. The summed E-state index contributed by atoms with van der Waals surface area (Å²) in [7, 11) is 3.58. The molecule has 1 N–H and O–H groups in total. The Morgan fingerprint density at radius 2 is 2.06 bits per heavy atom. The monoisotopic (exact) mass is 235 g/mol. The van der Waals surface area contributed by atoms with Crippen molar-refractivity contribution in [1.29, 1.82) is 0 Å². The van der Waals surface area contributed by atoms with Gasteiger partial charge in [0, 0.05) is 25.4 Å². The lowest BCUT2D eigenvalue weighted by Crippen LogP contribution is -2.14. The summed E-state index contributed by atoms with van der Waals surface area (Å²) in [5.41, 5.74) is 2.12. The van der Waals surface area contributed by atoms with Crippen LogP contribution in [-0.2, 0) is 6.54 Å². The molecule has 0 aromatic carbocycles. The SMILES string of the molecule is CC.CNCCn1ccc2nc(OC)ccc21. The summed E-state index contributed by atoms with van der Waals surface area (Å²) in [5, 5.41) is 3.13. The third kappa shape index (κ3) is 3.20. The van der Waals surface area contributed by atoms with Crippen molar-refractivity contribution in [2.45, 2.75) is 20.4 Å². The zero-order valence-electron chi connectivity index (χ0n) is 11.0. The predicted octanol–water partition coefficient (Wildman–Crippen LogP) is 2.29. The van der Waals surface area contributed by atoms with Crippen LogP contribution >= 0.6 is 0 Å². The van der Waals surface area contributed by atoms with E-state index in [0.29, 0.717) is 5.88 Å². The van der Waals surface area contributed by atoms with E-state index in [1.807, 2.05) is 39.1 Å². The first-order valence-electron chi connectivity index (χ1n) is 5.99. The highest BCUT2D eigenvalue weighted by molar-refractivity contribution is 5.76. The summed E-state index contributed by atoms with van der Waals surface area (Å²) in [6.45, 7) is 5.91. The molecule has 2 rings (SSSR count). The number of rotatable bonds is 4. The average Bonchev–Trinajstić information content (AvgIpc) is 2.80. The third-order valence-corrected chi connectivity index (χ3v) is 2.41. The molecular weight excluding hydrogens is 214 g/mol. The fraction of sp³-hybridized carbons (Fsp3) is 0.462. The summed E-state index contributed by atoms with van der Waals surface area (Å²) >= 11 is 0. The Morgan fingerprint density at radius 1 is 1.29 bits per heavy atom. The van der Waals surface area contributed by atoms with Crippen LogP contribution in [0.15, 0.2) is 24.4 Å². The molecule has 0 saturated heterocycles. The van der Waals surface area contributed by atoms with Crippen molar-refractivity contribution >= 4 is 11.0 Å². The summed E-state index contributed by atoms with van der Waals surface area (Å²) in [4.78, 5) is 4.36.